The third-order valence-electron chi connectivity index (χ3n) is 4.69. The van der Waals surface area contributed by atoms with E-state index < -0.39 is 22.2 Å². The fourth-order valence-corrected chi connectivity index (χ4v) is 5.07. The highest BCUT2D eigenvalue weighted by Gasteiger charge is 2.38. The van der Waals surface area contributed by atoms with Crippen molar-refractivity contribution in [1.82, 2.24) is 19.7 Å². The van der Waals surface area contributed by atoms with Crippen molar-refractivity contribution in [2.24, 2.45) is 0 Å². The quantitative estimate of drug-likeness (QED) is 0.215. The number of thioether (sulfide) groups is 1. The number of fused-ring (bicyclic) bond motifs is 1. The highest BCUT2D eigenvalue weighted by Crippen LogP contribution is 2.31. The van der Waals surface area contributed by atoms with Gasteiger partial charge in [-0.05, 0) is 56.6 Å². The summed E-state index contributed by atoms with van der Waals surface area (Å²) in [6.45, 7) is 1.99. The highest BCUT2D eigenvalue weighted by atomic mass is 32.2. The van der Waals surface area contributed by atoms with E-state index in [-0.39, 0.29) is 4.90 Å². The first kappa shape index (κ1) is 29.1. The number of anilines is 4. The molecule has 0 aliphatic heterocycles. The number of carboxylic acid groups (broad SMARTS) is 1. The Kier molecular flexibility index (Phi) is 9.14. The lowest BCUT2D eigenvalue weighted by Gasteiger charge is -2.13. The van der Waals surface area contributed by atoms with Gasteiger partial charge >= 0.3 is 12.1 Å². The van der Waals surface area contributed by atoms with Gasteiger partial charge in [0.15, 0.2) is 0 Å². The molecule has 38 heavy (non-hydrogen) atoms. The SMILES string of the molecule is CNS(=O)(=O)c1ccc(SC)c(Nc2cc(Nc3ccc4sc(C)nc4c3)ncn2)c1.O=C(O)C(F)(F)F. The number of aliphatic carboxylic acids is 1. The van der Waals surface area contributed by atoms with E-state index in [0.717, 1.165) is 25.8 Å². The molecule has 0 saturated heterocycles. The van der Waals surface area contributed by atoms with Crippen LogP contribution in [0.15, 0.2) is 58.6 Å². The molecule has 0 radical (unpaired) electrons. The number of aromatic nitrogens is 3. The van der Waals surface area contributed by atoms with E-state index in [4.69, 9.17) is 9.90 Å². The fourth-order valence-electron chi connectivity index (χ4n) is 2.97. The molecule has 10 nitrogen and oxygen atoms in total. The first-order valence-corrected chi connectivity index (χ1v) is 14.0. The number of alkyl halides is 3. The van der Waals surface area contributed by atoms with Gasteiger partial charge in [0.1, 0.15) is 18.0 Å². The second kappa shape index (κ2) is 11.9. The van der Waals surface area contributed by atoms with Crippen molar-refractivity contribution in [1.29, 1.82) is 0 Å². The number of nitrogens with one attached hydrogen (secondary N) is 3. The van der Waals surface area contributed by atoms with Gasteiger partial charge in [-0.3, -0.25) is 0 Å². The maximum Gasteiger partial charge on any atom is 0.490 e. The number of sulfonamides is 1. The lowest BCUT2D eigenvalue weighted by atomic mass is 10.3. The lowest BCUT2D eigenvalue weighted by molar-refractivity contribution is -0.192. The van der Waals surface area contributed by atoms with E-state index in [1.807, 2.05) is 31.4 Å². The third-order valence-corrected chi connectivity index (χ3v) is 7.85. The zero-order chi connectivity index (χ0) is 28.1. The maximum absolute atomic E-state index is 12.2. The van der Waals surface area contributed by atoms with E-state index in [1.165, 1.54) is 25.1 Å². The molecule has 0 aliphatic rings. The topological polar surface area (TPSA) is 146 Å². The van der Waals surface area contributed by atoms with Crippen molar-refractivity contribution in [2.75, 3.05) is 23.9 Å². The summed E-state index contributed by atoms with van der Waals surface area (Å²) < 4.78 is 59.5. The molecule has 0 fully saturated rings. The molecule has 0 saturated carbocycles. The number of carboxylic acids is 1. The van der Waals surface area contributed by atoms with E-state index in [2.05, 4.69) is 30.3 Å². The highest BCUT2D eigenvalue weighted by molar-refractivity contribution is 7.98. The van der Waals surface area contributed by atoms with Crippen molar-refractivity contribution in [3.63, 3.8) is 0 Å². The number of nitrogens with zero attached hydrogens (tertiary/aromatic N) is 3. The Balaban J connectivity index is 0.000000505. The number of hydrogen-bond donors (Lipinski definition) is 4. The molecule has 0 spiro atoms. The Morgan fingerprint density at radius 3 is 2.32 bits per heavy atom. The standard InChI is InChI=1S/C20H20N6O2S3.C2HF3O2/c1-12-24-15-8-13(4-6-18(15)30-12)25-19-10-20(23-11-22-19)26-16-9-14(31(27,28)21-2)5-7-17(16)29-3;3-2(4,5)1(6)7/h4-11,21H,1-3H3,(H2,22,23,25,26);(H,6,7). The number of thiazole rings is 1. The molecule has 2 aromatic carbocycles. The zero-order valence-corrected chi connectivity index (χ0v) is 22.4. The molecule has 0 atom stereocenters. The minimum absolute atomic E-state index is 0.176. The van der Waals surface area contributed by atoms with Crippen LogP contribution in [0.25, 0.3) is 10.2 Å². The van der Waals surface area contributed by atoms with Gasteiger partial charge in [0.25, 0.3) is 0 Å². The molecule has 0 aliphatic carbocycles. The smallest absolute Gasteiger partial charge is 0.475 e. The number of rotatable bonds is 7. The van der Waals surface area contributed by atoms with Crippen molar-refractivity contribution >= 4 is 72.3 Å². The first-order valence-electron chi connectivity index (χ1n) is 10.5. The average Bonchev–Trinajstić information content (AvgIpc) is 3.23. The molecule has 2 heterocycles. The fraction of sp³-hybridized carbons (Fsp3) is 0.182. The van der Waals surface area contributed by atoms with Crippen LogP contribution in [-0.2, 0) is 14.8 Å². The van der Waals surface area contributed by atoms with Crippen LogP contribution in [0.5, 0.6) is 0 Å². The molecular weight excluding hydrogens is 565 g/mol. The van der Waals surface area contributed by atoms with Gasteiger partial charge in [-0.15, -0.1) is 23.1 Å². The van der Waals surface area contributed by atoms with Crippen molar-refractivity contribution in [2.45, 2.75) is 22.9 Å². The van der Waals surface area contributed by atoms with Gasteiger partial charge < -0.3 is 15.7 Å². The van der Waals surface area contributed by atoms with Gasteiger partial charge in [0.05, 0.1) is 25.8 Å². The van der Waals surface area contributed by atoms with Crippen LogP contribution < -0.4 is 15.4 Å². The van der Waals surface area contributed by atoms with Crippen LogP contribution in [-0.4, -0.2) is 53.9 Å². The largest absolute Gasteiger partial charge is 0.490 e. The molecule has 2 aromatic heterocycles. The molecule has 202 valence electrons. The number of carbonyl (C=O) groups is 1. The number of halogens is 3. The van der Waals surface area contributed by atoms with Crippen LogP contribution in [0, 0.1) is 6.92 Å². The van der Waals surface area contributed by atoms with E-state index >= 15 is 0 Å². The molecular formula is C22H21F3N6O4S3. The molecule has 0 bridgehead atoms. The Bertz CT molecular complexity index is 1560. The van der Waals surface area contributed by atoms with Crippen LogP contribution >= 0.6 is 23.1 Å². The van der Waals surface area contributed by atoms with E-state index in [1.54, 1.807) is 35.6 Å². The van der Waals surface area contributed by atoms with Gasteiger partial charge in [-0.2, -0.15) is 13.2 Å². The third kappa shape index (κ3) is 7.53. The molecule has 4 aromatic rings. The van der Waals surface area contributed by atoms with E-state index in [9.17, 15) is 21.6 Å². The molecule has 4 N–H and O–H groups in total. The molecule has 4 rings (SSSR count). The normalized spacial score (nSPS) is 11.5. The average molecular weight is 587 g/mol. The number of benzene rings is 2. The summed E-state index contributed by atoms with van der Waals surface area (Å²) in [5.74, 6) is -1.61. The summed E-state index contributed by atoms with van der Waals surface area (Å²) in [6.07, 6.45) is -1.71. The van der Waals surface area contributed by atoms with Gasteiger partial charge in [0, 0.05) is 16.6 Å². The monoisotopic (exact) mass is 586 g/mol. The Morgan fingerprint density at radius 2 is 1.71 bits per heavy atom. The van der Waals surface area contributed by atoms with Crippen LogP contribution in [0.2, 0.25) is 0 Å². The first-order chi connectivity index (χ1) is 17.8. The number of hydrogen-bond acceptors (Lipinski definition) is 10. The van der Waals surface area contributed by atoms with Crippen molar-refractivity contribution < 1.29 is 31.5 Å². The Hall–Kier alpha value is -3.47. The predicted octanol–water partition coefficient (Wildman–Crippen LogP) is 5.15. The van der Waals surface area contributed by atoms with Gasteiger partial charge in [-0.1, -0.05) is 0 Å². The Morgan fingerprint density at radius 1 is 1.05 bits per heavy atom. The summed E-state index contributed by atoms with van der Waals surface area (Å²) in [5, 5.41) is 14.6. The summed E-state index contributed by atoms with van der Waals surface area (Å²) in [5.41, 5.74) is 2.45. The zero-order valence-electron chi connectivity index (χ0n) is 20.0. The van der Waals surface area contributed by atoms with Gasteiger partial charge in [0.2, 0.25) is 10.0 Å². The summed E-state index contributed by atoms with van der Waals surface area (Å²) in [6, 6.07) is 12.7. The summed E-state index contributed by atoms with van der Waals surface area (Å²) >= 11 is 3.16. The van der Waals surface area contributed by atoms with Crippen molar-refractivity contribution in [3.8, 4) is 0 Å². The Labute approximate surface area is 223 Å². The minimum Gasteiger partial charge on any atom is -0.475 e. The lowest BCUT2D eigenvalue weighted by Crippen LogP contribution is -2.21. The molecule has 0 amide bonds. The summed E-state index contributed by atoms with van der Waals surface area (Å²) in [7, 11) is -2.17. The van der Waals surface area contributed by atoms with E-state index in [0.29, 0.717) is 17.3 Å². The number of aryl methyl sites for hydroxylation is 1. The van der Waals surface area contributed by atoms with Gasteiger partial charge in [-0.25, -0.2) is 32.9 Å². The second-order valence-electron chi connectivity index (χ2n) is 7.33. The molecule has 0 unspecified atom stereocenters. The predicted molar refractivity (Wildman–Crippen MR) is 141 cm³/mol. The maximum atomic E-state index is 12.2. The second-order valence-corrected chi connectivity index (χ2v) is 11.3. The molecule has 16 heteroatoms. The van der Waals surface area contributed by atoms with Crippen molar-refractivity contribution in [3.05, 3.63) is 53.8 Å². The van der Waals surface area contributed by atoms with Crippen LogP contribution in [0.4, 0.5) is 36.2 Å². The van der Waals surface area contributed by atoms with Crippen LogP contribution in [0.1, 0.15) is 5.01 Å². The summed E-state index contributed by atoms with van der Waals surface area (Å²) in [4.78, 5) is 23.0. The van der Waals surface area contributed by atoms with Crippen LogP contribution in [0.3, 0.4) is 0 Å². The minimum atomic E-state index is -5.08.